The summed E-state index contributed by atoms with van der Waals surface area (Å²) in [5.74, 6) is 0.504. The molecule has 2 aromatic heterocycles. The van der Waals surface area contributed by atoms with Crippen LogP contribution >= 0.6 is 0 Å². The minimum absolute atomic E-state index is 0.151. The molecule has 26 heavy (non-hydrogen) atoms. The lowest BCUT2D eigenvalue weighted by molar-refractivity contribution is 0.0707. The van der Waals surface area contributed by atoms with E-state index in [0.29, 0.717) is 5.92 Å². The van der Waals surface area contributed by atoms with Crippen molar-refractivity contribution >= 4 is 16.8 Å². The van der Waals surface area contributed by atoms with E-state index in [4.69, 9.17) is 0 Å². The van der Waals surface area contributed by atoms with Crippen molar-refractivity contribution in [1.82, 2.24) is 20.1 Å². The van der Waals surface area contributed by atoms with Crippen LogP contribution in [0.15, 0.2) is 30.5 Å². The Kier molecular flexibility index (Phi) is 3.80. The second-order valence-electron chi connectivity index (χ2n) is 7.62. The smallest absolute Gasteiger partial charge is 0.256 e. The van der Waals surface area contributed by atoms with E-state index >= 15 is 0 Å². The molecule has 1 amide bonds. The number of aromatic nitrogens is 3. The molecule has 1 saturated heterocycles. The molecule has 0 radical (unpaired) electrons. The maximum atomic E-state index is 13.3. The van der Waals surface area contributed by atoms with Gasteiger partial charge in [0.2, 0.25) is 0 Å². The van der Waals surface area contributed by atoms with Gasteiger partial charge in [0.25, 0.3) is 5.91 Å². The molecule has 0 unspecified atom stereocenters. The molecule has 1 aliphatic heterocycles. The summed E-state index contributed by atoms with van der Waals surface area (Å²) in [4.78, 5) is 18.9. The normalized spacial score (nSPS) is 20.3. The predicted octanol–water partition coefficient (Wildman–Crippen LogP) is 3.79. The number of piperidine rings is 1. The van der Waals surface area contributed by atoms with Crippen LogP contribution in [0.1, 0.15) is 58.9 Å². The Morgan fingerprint density at radius 3 is 2.96 bits per heavy atom. The van der Waals surface area contributed by atoms with Gasteiger partial charge in [-0.3, -0.25) is 9.89 Å². The largest absolute Gasteiger partial charge is 0.358 e. The fourth-order valence-electron chi connectivity index (χ4n) is 4.69. The van der Waals surface area contributed by atoms with Gasteiger partial charge in [0.1, 0.15) is 0 Å². The minimum Gasteiger partial charge on any atom is -0.358 e. The third kappa shape index (κ3) is 2.54. The summed E-state index contributed by atoms with van der Waals surface area (Å²) in [6.07, 6.45) is 8.64. The number of aromatic amines is 2. The van der Waals surface area contributed by atoms with Crippen molar-refractivity contribution in [2.45, 2.75) is 44.4 Å². The van der Waals surface area contributed by atoms with Gasteiger partial charge >= 0.3 is 0 Å². The number of likely N-dealkylation sites (tertiary alicyclic amines) is 1. The highest BCUT2D eigenvalue weighted by molar-refractivity contribution is 6.06. The van der Waals surface area contributed by atoms with E-state index in [9.17, 15) is 4.79 Å². The minimum atomic E-state index is 0.151. The van der Waals surface area contributed by atoms with E-state index in [2.05, 4.69) is 21.2 Å². The molecule has 5 heteroatoms. The van der Waals surface area contributed by atoms with Gasteiger partial charge in [0.15, 0.2) is 0 Å². The third-order valence-electron chi connectivity index (χ3n) is 6.03. The molecule has 1 atom stereocenters. The molecule has 134 valence electrons. The number of hydrogen-bond acceptors (Lipinski definition) is 2. The summed E-state index contributed by atoms with van der Waals surface area (Å²) in [5.41, 5.74) is 5.75. The average Bonchev–Trinajstić information content (AvgIpc) is 3.35. The van der Waals surface area contributed by atoms with Crippen LogP contribution in [0.3, 0.4) is 0 Å². The van der Waals surface area contributed by atoms with Gasteiger partial charge in [-0.15, -0.1) is 0 Å². The second kappa shape index (κ2) is 6.31. The highest BCUT2D eigenvalue weighted by atomic mass is 16.2. The van der Waals surface area contributed by atoms with Gasteiger partial charge in [-0.05, 0) is 56.2 Å². The molecule has 3 heterocycles. The Morgan fingerprint density at radius 2 is 2.08 bits per heavy atom. The van der Waals surface area contributed by atoms with E-state index in [1.54, 1.807) is 6.20 Å². The summed E-state index contributed by atoms with van der Waals surface area (Å²) < 4.78 is 0. The van der Waals surface area contributed by atoms with Crippen molar-refractivity contribution in [2.24, 2.45) is 0 Å². The van der Waals surface area contributed by atoms with Crippen molar-refractivity contribution < 1.29 is 4.79 Å². The summed E-state index contributed by atoms with van der Waals surface area (Å²) in [5, 5.41) is 8.39. The van der Waals surface area contributed by atoms with Crippen molar-refractivity contribution in [3.05, 3.63) is 53.0 Å². The zero-order valence-electron chi connectivity index (χ0n) is 14.9. The number of rotatable bonds is 2. The van der Waals surface area contributed by atoms with Crippen molar-refractivity contribution in [3.8, 4) is 0 Å². The maximum Gasteiger partial charge on any atom is 0.256 e. The van der Waals surface area contributed by atoms with Gasteiger partial charge in [-0.2, -0.15) is 5.10 Å². The molecular weight excluding hydrogens is 324 g/mol. The first-order valence-corrected chi connectivity index (χ1v) is 9.72. The Balaban J connectivity index is 1.47. The molecule has 0 spiro atoms. The molecule has 1 fully saturated rings. The van der Waals surface area contributed by atoms with Gasteiger partial charge < -0.3 is 9.88 Å². The quantitative estimate of drug-likeness (QED) is 0.740. The van der Waals surface area contributed by atoms with Crippen molar-refractivity contribution in [2.75, 3.05) is 13.1 Å². The molecule has 2 N–H and O–H groups in total. The maximum absolute atomic E-state index is 13.3. The number of benzene rings is 1. The van der Waals surface area contributed by atoms with E-state index in [0.717, 1.165) is 55.5 Å². The van der Waals surface area contributed by atoms with Gasteiger partial charge in [0, 0.05) is 42.0 Å². The van der Waals surface area contributed by atoms with E-state index in [1.165, 1.54) is 29.5 Å². The molecule has 5 nitrogen and oxygen atoms in total. The Labute approximate surface area is 152 Å². The predicted molar refractivity (Wildman–Crippen MR) is 101 cm³/mol. The number of hydrogen-bond donors (Lipinski definition) is 2. The number of nitrogens with one attached hydrogen (secondary N) is 2. The van der Waals surface area contributed by atoms with Gasteiger partial charge in [-0.1, -0.05) is 12.1 Å². The molecule has 1 aliphatic carbocycles. The number of carbonyl (C=O) groups excluding carboxylic acids is 1. The summed E-state index contributed by atoms with van der Waals surface area (Å²) in [7, 11) is 0. The number of nitrogens with zero attached hydrogens (tertiary/aromatic N) is 2. The second-order valence-corrected chi connectivity index (χ2v) is 7.62. The van der Waals surface area contributed by atoms with Crippen LogP contribution in [0.2, 0.25) is 0 Å². The Hall–Kier alpha value is -2.56. The van der Waals surface area contributed by atoms with E-state index < -0.39 is 0 Å². The summed E-state index contributed by atoms with van der Waals surface area (Å²) in [6.45, 7) is 1.60. The number of fused-ring (bicyclic) bond motifs is 3. The molecule has 3 aromatic rings. The Bertz CT molecular complexity index is 940. The van der Waals surface area contributed by atoms with Crippen molar-refractivity contribution in [3.63, 3.8) is 0 Å². The Morgan fingerprint density at radius 1 is 1.15 bits per heavy atom. The van der Waals surface area contributed by atoms with Crippen LogP contribution in [0.4, 0.5) is 0 Å². The van der Waals surface area contributed by atoms with Crippen LogP contribution in [-0.2, 0) is 12.8 Å². The number of para-hydroxylation sites is 1. The first-order chi connectivity index (χ1) is 12.8. The lowest BCUT2D eigenvalue weighted by atomic mass is 9.93. The summed E-state index contributed by atoms with van der Waals surface area (Å²) >= 11 is 0. The fraction of sp³-hybridized carbons (Fsp3) is 0.429. The lowest BCUT2D eigenvalue weighted by Crippen LogP contribution is -2.39. The standard InChI is InChI=1S/C21H24N4O/c26-21(25-12-4-5-14(13-25)18-10-11-22-24-18)17-8-3-7-16-15-6-1-2-9-19(15)23-20(16)17/h3,7-8,10-11,14,23H,1-2,4-6,9,12-13H2,(H,22,24)/t14-/m1/s1. The van der Waals surface area contributed by atoms with Crippen LogP contribution in [0, 0.1) is 0 Å². The molecule has 0 saturated carbocycles. The number of amides is 1. The zero-order valence-corrected chi connectivity index (χ0v) is 14.9. The first kappa shape index (κ1) is 15.7. The first-order valence-electron chi connectivity index (χ1n) is 9.72. The molecule has 0 bridgehead atoms. The third-order valence-corrected chi connectivity index (χ3v) is 6.03. The van der Waals surface area contributed by atoms with Crippen molar-refractivity contribution in [1.29, 1.82) is 0 Å². The molecule has 1 aromatic carbocycles. The molecule has 2 aliphatic rings. The highest BCUT2D eigenvalue weighted by Gasteiger charge is 2.28. The molecule has 5 rings (SSSR count). The van der Waals surface area contributed by atoms with Crippen LogP contribution < -0.4 is 0 Å². The van der Waals surface area contributed by atoms with Crippen LogP contribution in [-0.4, -0.2) is 39.1 Å². The van der Waals surface area contributed by atoms with Gasteiger partial charge in [-0.25, -0.2) is 0 Å². The molecular formula is C21H24N4O. The number of H-pyrrole nitrogens is 2. The fourth-order valence-corrected chi connectivity index (χ4v) is 4.69. The SMILES string of the molecule is O=C(c1cccc2c3c([nH]c12)CCCC3)N1CCC[C@@H](c2ccn[nH]2)C1. The number of aryl methyl sites for hydroxylation is 2. The van der Waals surface area contributed by atoms with Crippen LogP contribution in [0.5, 0.6) is 0 Å². The average molecular weight is 348 g/mol. The number of carbonyl (C=O) groups is 1. The zero-order chi connectivity index (χ0) is 17.5. The topological polar surface area (TPSA) is 64.8 Å². The highest BCUT2D eigenvalue weighted by Crippen LogP contribution is 2.32. The monoisotopic (exact) mass is 348 g/mol. The van der Waals surface area contributed by atoms with Gasteiger partial charge in [0.05, 0.1) is 11.1 Å². The van der Waals surface area contributed by atoms with Crippen LogP contribution in [0.25, 0.3) is 10.9 Å². The lowest BCUT2D eigenvalue weighted by Gasteiger charge is -2.32. The van der Waals surface area contributed by atoms with E-state index in [-0.39, 0.29) is 5.91 Å². The van der Waals surface area contributed by atoms with E-state index in [1.807, 2.05) is 23.1 Å². The summed E-state index contributed by atoms with van der Waals surface area (Å²) in [6, 6.07) is 8.20.